The highest BCUT2D eigenvalue weighted by Crippen LogP contribution is 2.11. The maximum Gasteiger partial charge on any atom is 0.222 e. The topological polar surface area (TPSA) is 47.9 Å². The van der Waals surface area contributed by atoms with Crippen LogP contribution in [0, 0.1) is 0 Å². The highest BCUT2D eigenvalue weighted by Gasteiger charge is 2.17. The lowest BCUT2D eigenvalue weighted by molar-refractivity contribution is -0.130. The van der Waals surface area contributed by atoms with Crippen LogP contribution in [0.3, 0.4) is 0 Å². The zero-order valence-corrected chi connectivity index (χ0v) is 13.4. The monoisotopic (exact) mass is 294 g/mol. The van der Waals surface area contributed by atoms with Crippen molar-refractivity contribution in [2.24, 2.45) is 4.99 Å². The van der Waals surface area contributed by atoms with Gasteiger partial charge in [-0.05, 0) is 39.0 Å². The molecule has 2 aliphatic rings. The molecule has 2 heterocycles. The standard InChI is InChI=1S/C16H30N4O/c1-2-17-16(20-12-6-7-13-20)18-10-8-14-19-11-5-3-4-9-15(19)21/h2-14H2,1H3,(H,17,18). The van der Waals surface area contributed by atoms with Crippen molar-refractivity contribution in [3.63, 3.8) is 0 Å². The van der Waals surface area contributed by atoms with Gasteiger partial charge >= 0.3 is 0 Å². The van der Waals surface area contributed by atoms with Gasteiger partial charge in [0.25, 0.3) is 0 Å². The summed E-state index contributed by atoms with van der Waals surface area (Å²) in [6, 6.07) is 0. The molecule has 0 aromatic rings. The summed E-state index contributed by atoms with van der Waals surface area (Å²) in [5.41, 5.74) is 0. The first-order valence-electron chi connectivity index (χ1n) is 8.62. The molecule has 2 saturated heterocycles. The molecule has 0 spiro atoms. The Morgan fingerprint density at radius 2 is 1.90 bits per heavy atom. The number of rotatable bonds is 5. The molecule has 0 aromatic carbocycles. The van der Waals surface area contributed by atoms with E-state index < -0.39 is 0 Å². The van der Waals surface area contributed by atoms with Gasteiger partial charge in [0.1, 0.15) is 0 Å². The summed E-state index contributed by atoms with van der Waals surface area (Å²) in [5.74, 6) is 1.39. The fraction of sp³-hybridized carbons (Fsp3) is 0.875. The first-order valence-corrected chi connectivity index (χ1v) is 8.62. The van der Waals surface area contributed by atoms with Crippen molar-refractivity contribution in [1.29, 1.82) is 0 Å². The van der Waals surface area contributed by atoms with E-state index in [2.05, 4.69) is 17.1 Å². The van der Waals surface area contributed by atoms with Gasteiger partial charge in [-0.25, -0.2) is 0 Å². The van der Waals surface area contributed by atoms with E-state index in [4.69, 9.17) is 4.99 Å². The molecule has 0 bridgehead atoms. The SMILES string of the molecule is CCNC(=NCCCN1CCCCCC1=O)N1CCCC1. The predicted octanol–water partition coefficient (Wildman–Crippen LogP) is 1.84. The van der Waals surface area contributed by atoms with Crippen LogP contribution in [-0.2, 0) is 4.79 Å². The first-order chi connectivity index (χ1) is 10.3. The average molecular weight is 294 g/mol. The summed E-state index contributed by atoms with van der Waals surface area (Å²) in [6.07, 6.45) is 7.66. The zero-order chi connectivity index (χ0) is 14.9. The predicted molar refractivity (Wildman–Crippen MR) is 86.5 cm³/mol. The van der Waals surface area contributed by atoms with Crippen molar-refractivity contribution in [1.82, 2.24) is 15.1 Å². The highest BCUT2D eigenvalue weighted by atomic mass is 16.2. The smallest absolute Gasteiger partial charge is 0.222 e. The second kappa shape index (κ2) is 8.90. The summed E-state index contributed by atoms with van der Waals surface area (Å²) in [6.45, 7) is 7.88. The van der Waals surface area contributed by atoms with Crippen LogP contribution in [0.4, 0.5) is 0 Å². The third-order valence-electron chi connectivity index (χ3n) is 4.26. The molecule has 5 nitrogen and oxygen atoms in total. The number of aliphatic imine (C=N–C) groups is 1. The van der Waals surface area contributed by atoms with E-state index in [9.17, 15) is 4.79 Å². The lowest BCUT2D eigenvalue weighted by Crippen LogP contribution is -2.39. The Labute approximate surface area is 128 Å². The van der Waals surface area contributed by atoms with Gasteiger partial charge in [-0.2, -0.15) is 0 Å². The van der Waals surface area contributed by atoms with Gasteiger partial charge in [0.2, 0.25) is 5.91 Å². The van der Waals surface area contributed by atoms with Crippen LogP contribution in [0.25, 0.3) is 0 Å². The van der Waals surface area contributed by atoms with Gasteiger partial charge in [-0.3, -0.25) is 9.79 Å². The Hall–Kier alpha value is -1.26. The van der Waals surface area contributed by atoms with Crippen LogP contribution < -0.4 is 5.32 Å². The zero-order valence-electron chi connectivity index (χ0n) is 13.4. The Bertz CT molecular complexity index is 350. The summed E-state index contributed by atoms with van der Waals surface area (Å²) in [7, 11) is 0. The Morgan fingerprint density at radius 3 is 2.67 bits per heavy atom. The van der Waals surface area contributed by atoms with Crippen LogP contribution in [-0.4, -0.2) is 60.9 Å². The first kappa shape index (κ1) is 16.1. The van der Waals surface area contributed by atoms with Crippen LogP contribution >= 0.6 is 0 Å². The lowest BCUT2D eigenvalue weighted by atomic mass is 10.2. The number of carbonyl (C=O) groups is 1. The molecule has 5 heteroatoms. The minimum Gasteiger partial charge on any atom is -0.357 e. The third kappa shape index (κ3) is 5.21. The number of nitrogens with one attached hydrogen (secondary N) is 1. The molecule has 0 unspecified atom stereocenters. The quantitative estimate of drug-likeness (QED) is 0.478. The number of hydrogen-bond donors (Lipinski definition) is 1. The van der Waals surface area contributed by atoms with Gasteiger partial charge < -0.3 is 15.1 Å². The van der Waals surface area contributed by atoms with E-state index in [1.807, 2.05) is 4.90 Å². The second-order valence-electron chi connectivity index (χ2n) is 5.97. The average Bonchev–Trinajstić information content (AvgIpc) is 2.94. The molecule has 0 saturated carbocycles. The molecule has 0 radical (unpaired) electrons. The van der Waals surface area contributed by atoms with Gasteiger partial charge in [0, 0.05) is 45.7 Å². The van der Waals surface area contributed by atoms with Crippen LogP contribution in [0.15, 0.2) is 4.99 Å². The normalized spacial score (nSPS) is 20.8. The van der Waals surface area contributed by atoms with Crippen LogP contribution in [0.1, 0.15) is 51.9 Å². The highest BCUT2D eigenvalue weighted by molar-refractivity contribution is 5.80. The Balaban J connectivity index is 1.75. The lowest BCUT2D eigenvalue weighted by Gasteiger charge is -2.22. The molecule has 2 aliphatic heterocycles. The van der Waals surface area contributed by atoms with Crippen molar-refractivity contribution in [3.05, 3.63) is 0 Å². The molecule has 1 amide bonds. The van der Waals surface area contributed by atoms with E-state index in [1.165, 1.54) is 19.3 Å². The number of carbonyl (C=O) groups excluding carboxylic acids is 1. The third-order valence-corrected chi connectivity index (χ3v) is 4.26. The van der Waals surface area contributed by atoms with E-state index in [0.717, 1.165) is 70.9 Å². The molecule has 0 aliphatic carbocycles. The summed E-state index contributed by atoms with van der Waals surface area (Å²) < 4.78 is 0. The summed E-state index contributed by atoms with van der Waals surface area (Å²) in [4.78, 5) is 21.0. The molecule has 0 atom stereocenters. The van der Waals surface area contributed by atoms with Crippen molar-refractivity contribution >= 4 is 11.9 Å². The number of nitrogens with zero attached hydrogens (tertiary/aromatic N) is 3. The van der Waals surface area contributed by atoms with E-state index in [-0.39, 0.29) is 0 Å². The largest absolute Gasteiger partial charge is 0.357 e. The molecule has 0 aromatic heterocycles. The molecular formula is C16H30N4O. The van der Waals surface area contributed by atoms with Crippen molar-refractivity contribution in [2.45, 2.75) is 51.9 Å². The number of likely N-dealkylation sites (tertiary alicyclic amines) is 2. The molecule has 2 fully saturated rings. The molecule has 2 rings (SSSR count). The maximum atomic E-state index is 11.9. The summed E-state index contributed by atoms with van der Waals surface area (Å²) in [5, 5.41) is 3.38. The van der Waals surface area contributed by atoms with Crippen LogP contribution in [0.2, 0.25) is 0 Å². The van der Waals surface area contributed by atoms with Gasteiger partial charge in [-0.1, -0.05) is 6.42 Å². The summed E-state index contributed by atoms with van der Waals surface area (Å²) >= 11 is 0. The van der Waals surface area contributed by atoms with Crippen molar-refractivity contribution in [3.8, 4) is 0 Å². The van der Waals surface area contributed by atoms with Crippen LogP contribution in [0.5, 0.6) is 0 Å². The Kier molecular flexibility index (Phi) is 6.83. The number of guanidine groups is 1. The molecule has 1 N–H and O–H groups in total. The van der Waals surface area contributed by atoms with Crippen molar-refractivity contribution in [2.75, 3.05) is 39.3 Å². The maximum absolute atomic E-state index is 11.9. The Morgan fingerprint density at radius 1 is 1.14 bits per heavy atom. The fourth-order valence-electron chi connectivity index (χ4n) is 3.08. The molecular weight excluding hydrogens is 264 g/mol. The fourth-order valence-corrected chi connectivity index (χ4v) is 3.08. The van der Waals surface area contributed by atoms with E-state index >= 15 is 0 Å². The van der Waals surface area contributed by atoms with Crippen molar-refractivity contribution < 1.29 is 4.79 Å². The van der Waals surface area contributed by atoms with E-state index in [1.54, 1.807) is 0 Å². The minimum absolute atomic E-state index is 0.336. The molecule has 120 valence electrons. The number of amides is 1. The van der Waals surface area contributed by atoms with Gasteiger partial charge in [0.15, 0.2) is 5.96 Å². The second-order valence-corrected chi connectivity index (χ2v) is 5.97. The number of hydrogen-bond acceptors (Lipinski definition) is 2. The van der Waals surface area contributed by atoms with Gasteiger partial charge in [-0.15, -0.1) is 0 Å². The van der Waals surface area contributed by atoms with E-state index in [0.29, 0.717) is 5.91 Å². The van der Waals surface area contributed by atoms with Gasteiger partial charge in [0.05, 0.1) is 0 Å². The molecule has 21 heavy (non-hydrogen) atoms. The minimum atomic E-state index is 0.336.